The van der Waals surface area contributed by atoms with Crippen LogP contribution in [0.3, 0.4) is 0 Å². The van der Waals surface area contributed by atoms with Gasteiger partial charge in [0.05, 0.1) is 46.8 Å². The van der Waals surface area contributed by atoms with Gasteiger partial charge in [-0.15, -0.1) is 0 Å². The van der Waals surface area contributed by atoms with E-state index in [4.69, 9.17) is 4.74 Å². The first kappa shape index (κ1) is 20.4. The van der Waals surface area contributed by atoms with Crippen molar-refractivity contribution in [3.63, 3.8) is 0 Å². The Bertz CT molecular complexity index is 1660. The van der Waals surface area contributed by atoms with Crippen molar-refractivity contribution in [3.05, 3.63) is 96.7 Å². The van der Waals surface area contributed by atoms with Gasteiger partial charge in [-0.25, -0.2) is 4.98 Å². The lowest BCUT2D eigenvalue weighted by atomic mass is 10.1. The first-order valence-corrected chi connectivity index (χ1v) is 10.7. The van der Waals surface area contributed by atoms with Crippen molar-refractivity contribution in [1.82, 2.24) is 13.8 Å². The minimum Gasteiger partial charge on any atom is -0.497 e. The highest BCUT2D eigenvalue weighted by Crippen LogP contribution is 2.35. The number of benzene rings is 3. The first-order chi connectivity index (χ1) is 16.5. The maximum Gasteiger partial charge on any atom is 0.416 e. The van der Waals surface area contributed by atoms with Gasteiger partial charge in [0.15, 0.2) is 5.65 Å². The van der Waals surface area contributed by atoms with Crippen LogP contribution < -0.4 is 4.74 Å². The van der Waals surface area contributed by atoms with Crippen LogP contribution in [0.15, 0.2) is 91.1 Å². The maximum absolute atomic E-state index is 13.1. The molecule has 0 saturated carbocycles. The zero-order valence-corrected chi connectivity index (χ0v) is 18.0. The molecule has 0 atom stereocenters. The smallest absolute Gasteiger partial charge is 0.416 e. The lowest BCUT2D eigenvalue weighted by Gasteiger charge is -2.13. The minimum atomic E-state index is -4.37. The number of halogens is 3. The number of fused-ring (bicyclic) bond motifs is 6. The second kappa shape index (κ2) is 7.38. The molecular weight excluding hydrogens is 439 g/mol. The molecule has 0 aliphatic heterocycles. The molecule has 0 spiro atoms. The fraction of sp³-hybridized carbons (Fsp3) is 0.0741. The highest BCUT2D eigenvalue weighted by Gasteiger charge is 2.30. The molecule has 0 saturated heterocycles. The van der Waals surface area contributed by atoms with E-state index in [0.29, 0.717) is 5.56 Å². The standard InChI is InChI=1S/C27H18F3N3O/c1-34-20-12-8-17(9-13-20)21-14-15-24-26-31-16-25(18-6-10-19(11-7-18)27(28,29)30)33(26)23-5-3-2-4-22(23)32(21)24/h2-16H,1H3. The summed E-state index contributed by atoms with van der Waals surface area (Å²) in [7, 11) is 1.64. The molecule has 6 aromatic rings. The average molecular weight is 457 g/mol. The molecule has 168 valence electrons. The Balaban J connectivity index is 1.62. The molecule has 0 amide bonds. The van der Waals surface area contributed by atoms with Gasteiger partial charge >= 0.3 is 6.18 Å². The van der Waals surface area contributed by atoms with E-state index >= 15 is 0 Å². The molecule has 0 unspecified atom stereocenters. The van der Waals surface area contributed by atoms with Crippen molar-refractivity contribution >= 4 is 22.2 Å². The summed E-state index contributed by atoms with van der Waals surface area (Å²) in [4.78, 5) is 4.68. The third-order valence-corrected chi connectivity index (χ3v) is 6.13. The lowest BCUT2D eigenvalue weighted by Crippen LogP contribution is -2.04. The number of ether oxygens (including phenoxy) is 1. The van der Waals surface area contributed by atoms with Crippen molar-refractivity contribution in [2.45, 2.75) is 6.18 Å². The number of nitrogens with zero attached hydrogens (tertiary/aromatic N) is 3. The maximum atomic E-state index is 13.1. The van der Waals surface area contributed by atoms with E-state index in [1.807, 2.05) is 59.0 Å². The minimum absolute atomic E-state index is 0.664. The van der Waals surface area contributed by atoms with E-state index < -0.39 is 11.7 Å². The molecule has 0 N–H and O–H groups in total. The predicted molar refractivity (Wildman–Crippen MR) is 126 cm³/mol. The molecule has 4 nitrogen and oxygen atoms in total. The molecular formula is C27H18F3N3O. The van der Waals surface area contributed by atoms with Crippen LogP contribution in [0.1, 0.15) is 5.56 Å². The summed E-state index contributed by atoms with van der Waals surface area (Å²) >= 11 is 0. The lowest BCUT2D eigenvalue weighted by molar-refractivity contribution is -0.137. The summed E-state index contributed by atoms with van der Waals surface area (Å²) < 4.78 is 48.6. The van der Waals surface area contributed by atoms with E-state index in [-0.39, 0.29) is 0 Å². The van der Waals surface area contributed by atoms with Crippen LogP contribution in [-0.4, -0.2) is 20.9 Å². The Hall–Kier alpha value is -4.26. The van der Waals surface area contributed by atoms with Crippen LogP contribution >= 0.6 is 0 Å². The molecule has 3 heterocycles. The second-order valence-corrected chi connectivity index (χ2v) is 8.03. The topological polar surface area (TPSA) is 30.9 Å². The molecule has 0 radical (unpaired) electrons. The number of hydrogen-bond acceptors (Lipinski definition) is 2. The third kappa shape index (κ3) is 3.04. The van der Waals surface area contributed by atoms with Crippen LogP contribution in [-0.2, 0) is 6.18 Å². The van der Waals surface area contributed by atoms with Crippen molar-refractivity contribution in [3.8, 4) is 28.3 Å². The number of aromatic nitrogens is 3. The zero-order valence-electron chi connectivity index (χ0n) is 18.0. The van der Waals surface area contributed by atoms with Crippen molar-refractivity contribution in [2.75, 3.05) is 7.11 Å². The van der Waals surface area contributed by atoms with Crippen LogP contribution in [0.5, 0.6) is 5.75 Å². The van der Waals surface area contributed by atoms with Gasteiger partial charge in [0.25, 0.3) is 0 Å². The van der Waals surface area contributed by atoms with Crippen molar-refractivity contribution in [1.29, 1.82) is 0 Å². The Morgan fingerprint density at radius 2 is 1.29 bits per heavy atom. The predicted octanol–water partition coefficient (Wildman–Crippen LogP) is 7.10. The van der Waals surface area contributed by atoms with E-state index in [1.165, 1.54) is 12.1 Å². The molecule has 7 heteroatoms. The van der Waals surface area contributed by atoms with Gasteiger partial charge in [-0.3, -0.25) is 4.40 Å². The van der Waals surface area contributed by atoms with Gasteiger partial charge in [0.2, 0.25) is 0 Å². The highest BCUT2D eigenvalue weighted by molar-refractivity contribution is 5.93. The fourth-order valence-corrected chi connectivity index (χ4v) is 4.51. The molecule has 6 rings (SSSR count). The summed E-state index contributed by atoms with van der Waals surface area (Å²) in [5, 5.41) is 0. The number of para-hydroxylation sites is 2. The summed E-state index contributed by atoms with van der Waals surface area (Å²) in [5.41, 5.74) is 6.27. The Morgan fingerprint density at radius 3 is 1.94 bits per heavy atom. The van der Waals surface area contributed by atoms with Crippen molar-refractivity contribution < 1.29 is 17.9 Å². The van der Waals surface area contributed by atoms with Crippen LogP contribution in [0.25, 0.3) is 44.7 Å². The van der Waals surface area contributed by atoms with Gasteiger partial charge in [-0.1, -0.05) is 24.3 Å². The molecule has 3 aromatic carbocycles. The van der Waals surface area contributed by atoms with Gasteiger partial charge in [0, 0.05) is 5.56 Å². The molecule has 0 fully saturated rings. The summed E-state index contributed by atoms with van der Waals surface area (Å²) in [6.45, 7) is 0. The van der Waals surface area contributed by atoms with Crippen LogP contribution in [0, 0.1) is 0 Å². The SMILES string of the molecule is COc1ccc(-c2ccc3c4ncc(-c5ccc(C(F)(F)F)cc5)n4c4ccccc4n23)cc1. The van der Waals surface area contributed by atoms with Crippen molar-refractivity contribution in [2.24, 2.45) is 0 Å². The third-order valence-electron chi connectivity index (χ3n) is 6.13. The fourth-order valence-electron chi connectivity index (χ4n) is 4.51. The Kier molecular flexibility index (Phi) is 4.42. The largest absolute Gasteiger partial charge is 0.497 e. The Morgan fingerprint density at radius 1 is 0.676 bits per heavy atom. The molecule has 34 heavy (non-hydrogen) atoms. The summed E-state index contributed by atoms with van der Waals surface area (Å²) in [6, 6.07) is 25.1. The molecule has 3 aromatic heterocycles. The number of methoxy groups -OCH3 is 1. The summed E-state index contributed by atoms with van der Waals surface area (Å²) in [6.07, 6.45) is -2.66. The monoisotopic (exact) mass is 457 g/mol. The molecule has 0 aliphatic carbocycles. The quantitative estimate of drug-likeness (QED) is 0.284. The van der Waals surface area contributed by atoms with E-state index in [9.17, 15) is 13.2 Å². The van der Waals surface area contributed by atoms with Gasteiger partial charge in [0.1, 0.15) is 5.75 Å². The van der Waals surface area contributed by atoms with Gasteiger partial charge < -0.3 is 9.14 Å². The van der Waals surface area contributed by atoms with Gasteiger partial charge in [-0.2, -0.15) is 13.2 Å². The number of alkyl halides is 3. The average Bonchev–Trinajstić information content (AvgIpc) is 3.49. The molecule has 0 aliphatic rings. The van der Waals surface area contributed by atoms with E-state index in [1.54, 1.807) is 13.3 Å². The normalized spacial score (nSPS) is 12.1. The zero-order chi connectivity index (χ0) is 23.4. The molecule has 0 bridgehead atoms. The summed E-state index contributed by atoms with van der Waals surface area (Å²) in [5.74, 6) is 0.784. The second-order valence-electron chi connectivity index (χ2n) is 8.03. The number of imidazole rings is 1. The van der Waals surface area contributed by atoms with Crippen LogP contribution in [0.2, 0.25) is 0 Å². The number of rotatable bonds is 3. The number of hydrogen-bond donors (Lipinski definition) is 0. The van der Waals surface area contributed by atoms with Crippen LogP contribution in [0.4, 0.5) is 13.2 Å². The highest BCUT2D eigenvalue weighted by atomic mass is 19.4. The Labute approximate surface area is 192 Å². The van der Waals surface area contributed by atoms with E-state index in [2.05, 4.69) is 15.5 Å². The van der Waals surface area contributed by atoms with Gasteiger partial charge in [-0.05, 0) is 66.2 Å². The first-order valence-electron chi connectivity index (χ1n) is 10.7. The van der Waals surface area contributed by atoms with E-state index in [0.717, 1.165) is 57.0 Å².